The fourth-order valence-corrected chi connectivity index (χ4v) is 13.1. The Bertz CT molecular complexity index is 1280. The molecule has 0 aromatic rings. The summed E-state index contributed by atoms with van der Waals surface area (Å²) in [6.45, 7) is 8.41. The number of carbonyl (C=O) groups excluding carboxylic acids is 1. The Hall–Kier alpha value is -0.910. The normalized spacial score (nSPS) is 48.4. The largest absolute Gasteiger partial charge is 0.396 e. The summed E-state index contributed by atoms with van der Waals surface area (Å²) in [6, 6.07) is 0. The highest BCUT2D eigenvalue weighted by Gasteiger charge is 2.73. The number of rotatable bonds is 9. The van der Waals surface area contributed by atoms with Gasteiger partial charge in [-0.05, 0) is 132 Å². The molecule has 2 heterocycles. The molecule has 0 spiro atoms. The first-order chi connectivity index (χ1) is 22.5. The number of carbonyl (C=O) groups is 1. The smallest absolute Gasteiger partial charge is 0.159 e. The third kappa shape index (κ3) is 5.10. The number of ether oxygens (including phenoxy) is 1. The van der Waals surface area contributed by atoms with Crippen molar-refractivity contribution in [3.8, 4) is 0 Å². The number of aliphatic hydroxyl groups is 5. The summed E-state index contributed by atoms with van der Waals surface area (Å²) in [5.41, 5.74) is 1.48. The number of hydrogen-bond donors (Lipinski definition) is 7. The number of epoxide rings is 1. The molecule has 9 nitrogen and oxygen atoms in total. The molecule has 7 aliphatic rings. The Balaban J connectivity index is 1.12. The van der Waals surface area contributed by atoms with Gasteiger partial charge in [-0.15, -0.1) is 0 Å². The molecule has 14 atom stereocenters. The van der Waals surface area contributed by atoms with Gasteiger partial charge in [0.05, 0.1) is 36.1 Å². The zero-order valence-corrected chi connectivity index (χ0v) is 30.0. The highest BCUT2D eigenvalue weighted by molar-refractivity contribution is 5.95. The van der Waals surface area contributed by atoms with Crippen molar-refractivity contribution in [3.05, 3.63) is 11.6 Å². The molecule has 272 valence electrons. The van der Waals surface area contributed by atoms with Crippen molar-refractivity contribution in [1.29, 1.82) is 0 Å². The van der Waals surface area contributed by atoms with Gasteiger partial charge in [0.25, 0.3) is 0 Å². The van der Waals surface area contributed by atoms with E-state index in [0.29, 0.717) is 37.5 Å². The van der Waals surface area contributed by atoms with Crippen molar-refractivity contribution in [2.75, 3.05) is 13.2 Å². The summed E-state index contributed by atoms with van der Waals surface area (Å²) in [5.74, 6) is 0.621. The summed E-state index contributed by atoms with van der Waals surface area (Å²) in [7, 11) is 0. The number of quaternary nitrogens is 1. The molecule has 7 rings (SSSR count). The lowest BCUT2D eigenvalue weighted by atomic mass is 9.42. The summed E-state index contributed by atoms with van der Waals surface area (Å²) >= 11 is 0. The minimum absolute atomic E-state index is 0.0815. The van der Waals surface area contributed by atoms with Crippen LogP contribution in [0.25, 0.3) is 0 Å². The van der Waals surface area contributed by atoms with Crippen molar-refractivity contribution >= 4 is 5.78 Å². The van der Waals surface area contributed by atoms with E-state index in [1.165, 1.54) is 12.8 Å². The van der Waals surface area contributed by atoms with Gasteiger partial charge < -0.3 is 35.6 Å². The zero-order chi connectivity index (χ0) is 34.5. The number of nitrogens with two attached hydrogens (primary N) is 2. The first kappa shape index (κ1) is 35.5. The second-order valence-electron chi connectivity index (χ2n) is 18.7. The molecule has 9 N–H and O–H groups in total. The fraction of sp³-hybridized carbons (Fsp3) is 0.923. The van der Waals surface area contributed by atoms with Crippen LogP contribution in [-0.2, 0) is 9.53 Å². The van der Waals surface area contributed by atoms with E-state index in [-0.39, 0.29) is 41.7 Å². The highest BCUT2D eigenvalue weighted by Crippen LogP contribution is 2.71. The SMILES string of the molecule is CC(O)(C1OC1C(C)(O)C(C)(CO)CCC1CC[NH2+]C(N)C1)C1CCC2(O)C3=CC(=O)C4CC(O)CCC4(C4CCCC4)C3CCC12C. The number of hydrogen-bond acceptors (Lipinski definition) is 8. The van der Waals surface area contributed by atoms with Gasteiger partial charge in [0.15, 0.2) is 5.78 Å². The lowest BCUT2D eigenvalue weighted by Crippen LogP contribution is -2.94. The Labute approximate surface area is 287 Å². The summed E-state index contributed by atoms with van der Waals surface area (Å²) in [6.07, 6.45) is 13.1. The molecule has 0 aromatic heterocycles. The number of ketones is 1. The monoisotopic (exact) mass is 673 g/mol. The van der Waals surface area contributed by atoms with E-state index < -0.39 is 45.9 Å². The molecule has 9 heteroatoms. The van der Waals surface area contributed by atoms with Crippen LogP contribution in [0.4, 0.5) is 0 Å². The summed E-state index contributed by atoms with van der Waals surface area (Å²) in [5, 5.41) is 61.0. The number of aliphatic hydroxyl groups excluding tert-OH is 2. The first-order valence-corrected chi connectivity index (χ1v) is 19.5. The molecular weight excluding hydrogens is 608 g/mol. The number of allylic oxidation sites excluding steroid dienone is 1. The quantitative estimate of drug-likeness (QED) is 0.183. The average molecular weight is 674 g/mol. The zero-order valence-electron chi connectivity index (χ0n) is 30.0. The minimum Gasteiger partial charge on any atom is -0.396 e. The topological polar surface area (TPSA) is 173 Å². The van der Waals surface area contributed by atoms with Crippen molar-refractivity contribution in [2.45, 2.75) is 165 Å². The molecule has 0 radical (unpaired) electrons. The molecule has 0 bridgehead atoms. The van der Waals surface area contributed by atoms with Crippen LogP contribution in [0.3, 0.4) is 0 Å². The number of piperidine rings is 1. The van der Waals surface area contributed by atoms with Crippen molar-refractivity contribution in [3.63, 3.8) is 0 Å². The second kappa shape index (κ2) is 12.1. The van der Waals surface area contributed by atoms with E-state index in [9.17, 15) is 30.3 Å². The predicted octanol–water partition coefficient (Wildman–Crippen LogP) is 2.70. The lowest BCUT2D eigenvalue weighted by Gasteiger charge is -2.62. The van der Waals surface area contributed by atoms with E-state index in [4.69, 9.17) is 10.5 Å². The molecule has 0 aromatic carbocycles. The maximum absolute atomic E-state index is 14.0. The van der Waals surface area contributed by atoms with Crippen molar-refractivity contribution in [1.82, 2.24) is 0 Å². The third-order valence-electron chi connectivity index (χ3n) is 16.4. The van der Waals surface area contributed by atoms with Crippen LogP contribution in [0.2, 0.25) is 0 Å². The van der Waals surface area contributed by atoms with Gasteiger partial charge in [-0.3, -0.25) is 10.5 Å². The van der Waals surface area contributed by atoms with Crippen LogP contribution in [0.15, 0.2) is 11.6 Å². The van der Waals surface area contributed by atoms with Gasteiger partial charge in [0, 0.05) is 23.2 Å². The van der Waals surface area contributed by atoms with Crippen molar-refractivity contribution < 1.29 is 40.4 Å². The Morgan fingerprint density at radius 3 is 2.40 bits per heavy atom. The van der Waals surface area contributed by atoms with Crippen molar-refractivity contribution in [2.24, 2.45) is 51.6 Å². The van der Waals surface area contributed by atoms with Crippen LogP contribution in [0.1, 0.15) is 124 Å². The first-order valence-electron chi connectivity index (χ1n) is 19.5. The Kier molecular flexibility index (Phi) is 8.93. The molecule has 2 aliphatic heterocycles. The third-order valence-corrected chi connectivity index (χ3v) is 16.4. The van der Waals surface area contributed by atoms with Gasteiger partial charge >= 0.3 is 0 Å². The molecule has 5 aliphatic carbocycles. The van der Waals surface area contributed by atoms with Crippen LogP contribution in [-0.4, -0.2) is 85.7 Å². The lowest BCUT2D eigenvalue weighted by molar-refractivity contribution is -0.699. The van der Waals surface area contributed by atoms with Gasteiger partial charge in [0.1, 0.15) is 18.4 Å². The molecule has 4 saturated carbocycles. The summed E-state index contributed by atoms with van der Waals surface area (Å²) < 4.78 is 6.25. The molecule has 0 amide bonds. The highest BCUT2D eigenvalue weighted by atomic mass is 16.6. The van der Waals surface area contributed by atoms with E-state index in [1.807, 2.05) is 13.8 Å². The maximum atomic E-state index is 14.0. The molecule has 48 heavy (non-hydrogen) atoms. The summed E-state index contributed by atoms with van der Waals surface area (Å²) in [4.78, 5) is 14.0. The second-order valence-corrected chi connectivity index (χ2v) is 18.7. The predicted molar refractivity (Wildman–Crippen MR) is 181 cm³/mol. The van der Waals surface area contributed by atoms with Gasteiger partial charge in [-0.1, -0.05) is 26.7 Å². The van der Waals surface area contributed by atoms with Gasteiger partial charge in [0.2, 0.25) is 0 Å². The molecule has 14 unspecified atom stereocenters. The molecule has 6 fully saturated rings. The van der Waals surface area contributed by atoms with Crippen LogP contribution in [0.5, 0.6) is 0 Å². The van der Waals surface area contributed by atoms with E-state index >= 15 is 0 Å². The van der Waals surface area contributed by atoms with Crippen LogP contribution in [0, 0.1) is 45.8 Å². The molecular formula is C39H65N2O7+. The van der Waals surface area contributed by atoms with Gasteiger partial charge in [-0.25, -0.2) is 0 Å². The van der Waals surface area contributed by atoms with Gasteiger partial charge in [-0.2, -0.15) is 0 Å². The maximum Gasteiger partial charge on any atom is 0.159 e. The Morgan fingerprint density at radius 2 is 1.71 bits per heavy atom. The standard InChI is InChI=1S/C39H64N2O7/c1-34(22-42,14-9-23-13-18-41-31(40)19-23)37(4,46)33-32(48-33)36(3,45)30-12-17-39(47)27-21-29(44)28-20-25(43)10-16-38(28,24-7-5-6-8-24)26(27)11-15-35(30,39)2/h21,23-26,28,30-33,41-43,45-47H,5-20,22,40H2,1-4H3/p+1. The van der Waals surface area contributed by atoms with Crippen LogP contribution >= 0.6 is 0 Å². The van der Waals surface area contributed by atoms with E-state index in [0.717, 1.165) is 69.9 Å². The van der Waals surface area contributed by atoms with Crippen LogP contribution < -0.4 is 11.1 Å². The Morgan fingerprint density at radius 1 is 0.979 bits per heavy atom. The number of fused-ring (bicyclic) bond motifs is 5. The average Bonchev–Trinajstić information content (AvgIpc) is 3.60. The van der Waals surface area contributed by atoms with E-state index in [2.05, 4.69) is 12.2 Å². The fourth-order valence-electron chi connectivity index (χ4n) is 13.1. The molecule has 2 saturated heterocycles. The minimum atomic E-state index is -1.38. The van der Waals surface area contributed by atoms with E-state index in [1.54, 1.807) is 13.0 Å².